The normalized spacial score (nSPS) is 10.8. The Labute approximate surface area is 193 Å². The summed E-state index contributed by atoms with van der Waals surface area (Å²) in [7, 11) is 1.64. The summed E-state index contributed by atoms with van der Waals surface area (Å²) in [5, 5.41) is 12.0. The average Bonchev–Trinajstić information content (AvgIpc) is 3.09. The summed E-state index contributed by atoms with van der Waals surface area (Å²) in [6.45, 7) is 8.49. The van der Waals surface area contributed by atoms with Gasteiger partial charge in [-0.25, -0.2) is 0 Å². The van der Waals surface area contributed by atoms with Crippen molar-refractivity contribution in [3.05, 3.63) is 70.5 Å². The van der Waals surface area contributed by atoms with Crippen LogP contribution in [0.4, 0.5) is 5.69 Å². The van der Waals surface area contributed by atoms with E-state index in [1.165, 1.54) is 16.7 Å². The molecule has 0 atom stereocenters. The van der Waals surface area contributed by atoms with Crippen LogP contribution in [0.15, 0.2) is 47.6 Å². The van der Waals surface area contributed by atoms with E-state index in [1.54, 1.807) is 7.05 Å². The molecule has 7 nitrogen and oxygen atoms in total. The largest absolute Gasteiger partial charge is 0.336 e. The van der Waals surface area contributed by atoms with E-state index in [0.29, 0.717) is 11.7 Å². The Morgan fingerprint density at radius 1 is 1.03 bits per heavy atom. The van der Waals surface area contributed by atoms with Crippen LogP contribution in [0.2, 0.25) is 0 Å². The van der Waals surface area contributed by atoms with Gasteiger partial charge in [-0.05, 0) is 44.4 Å². The molecule has 8 heteroatoms. The SMILES string of the molecule is Cc1cc(C)c(NC(=O)CN(C)C(=O)CSc2nnc(C)n2Cc2ccccc2)c(C)c1. The quantitative estimate of drug-likeness (QED) is 0.528. The number of likely N-dealkylation sites (N-methyl/N-ethyl adjacent to an activating group) is 1. The van der Waals surface area contributed by atoms with E-state index in [1.807, 2.05) is 74.7 Å². The highest BCUT2D eigenvalue weighted by Gasteiger charge is 2.17. The lowest BCUT2D eigenvalue weighted by atomic mass is 10.1. The topological polar surface area (TPSA) is 80.1 Å². The molecule has 0 aliphatic heterocycles. The summed E-state index contributed by atoms with van der Waals surface area (Å²) in [5.41, 5.74) is 5.11. The van der Waals surface area contributed by atoms with Crippen LogP contribution in [0.5, 0.6) is 0 Å². The van der Waals surface area contributed by atoms with E-state index in [-0.39, 0.29) is 24.1 Å². The second-order valence-electron chi connectivity index (χ2n) is 7.96. The third-order valence-electron chi connectivity index (χ3n) is 5.16. The van der Waals surface area contributed by atoms with E-state index >= 15 is 0 Å². The smallest absolute Gasteiger partial charge is 0.243 e. The average molecular weight is 452 g/mol. The highest BCUT2D eigenvalue weighted by Crippen LogP contribution is 2.22. The van der Waals surface area contributed by atoms with Crippen molar-refractivity contribution >= 4 is 29.3 Å². The molecule has 2 aromatic carbocycles. The van der Waals surface area contributed by atoms with Gasteiger partial charge in [0, 0.05) is 12.7 Å². The van der Waals surface area contributed by atoms with Crippen LogP contribution in [0.3, 0.4) is 0 Å². The Morgan fingerprint density at radius 2 is 1.69 bits per heavy atom. The molecule has 168 valence electrons. The first-order valence-electron chi connectivity index (χ1n) is 10.4. The van der Waals surface area contributed by atoms with E-state index in [0.717, 1.165) is 33.8 Å². The second kappa shape index (κ2) is 10.5. The van der Waals surface area contributed by atoms with Crippen molar-refractivity contribution in [3.8, 4) is 0 Å². The van der Waals surface area contributed by atoms with Gasteiger partial charge in [-0.3, -0.25) is 9.59 Å². The minimum atomic E-state index is -0.219. The van der Waals surface area contributed by atoms with Gasteiger partial charge >= 0.3 is 0 Å². The van der Waals surface area contributed by atoms with Crippen molar-refractivity contribution in [1.29, 1.82) is 0 Å². The predicted molar refractivity (Wildman–Crippen MR) is 128 cm³/mol. The summed E-state index contributed by atoms with van der Waals surface area (Å²) in [5.74, 6) is 0.609. The number of rotatable bonds is 8. The van der Waals surface area contributed by atoms with E-state index < -0.39 is 0 Å². The van der Waals surface area contributed by atoms with Gasteiger partial charge in [-0.2, -0.15) is 0 Å². The third kappa shape index (κ3) is 5.97. The summed E-state index contributed by atoms with van der Waals surface area (Å²) in [6.07, 6.45) is 0. The number of aromatic nitrogens is 3. The molecule has 32 heavy (non-hydrogen) atoms. The molecule has 0 aliphatic rings. The van der Waals surface area contributed by atoms with Crippen LogP contribution in [-0.4, -0.2) is 50.8 Å². The number of benzene rings is 2. The van der Waals surface area contributed by atoms with Crippen LogP contribution < -0.4 is 5.32 Å². The number of anilines is 1. The van der Waals surface area contributed by atoms with Crippen molar-refractivity contribution in [2.45, 2.75) is 39.4 Å². The number of carbonyl (C=O) groups is 2. The molecule has 1 heterocycles. The molecular weight excluding hydrogens is 422 g/mol. The predicted octanol–water partition coefficient (Wildman–Crippen LogP) is 3.75. The maximum atomic E-state index is 12.6. The van der Waals surface area contributed by atoms with Gasteiger partial charge in [0.2, 0.25) is 11.8 Å². The van der Waals surface area contributed by atoms with Gasteiger partial charge in [0.05, 0.1) is 18.8 Å². The molecule has 3 rings (SSSR count). The fourth-order valence-electron chi connectivity index (χ4n) is 3.51. The molecule has 2 amide bonds. The number of amides is 2. The molecule has 0 saturated carbocycles. The van der Waals surface area contributed by atoms with Crippen molar-refractivity contribution in [2.24, 2.45) is 0 Å². The molecule has 1 aromatic heterocycles. The first-order valence-corrected chi connectivity index (χ1v) is 11.4. The van der Waals surface area contributed by atoms with Crippen molar-refractivity contribution in [1.82, 2.24) is 19.7 Å². The lowest BCUT2D eigenvalue weighted by Crippen LogP contribution is -2.36. The Bertz CT molecular complexity index is 1090. The monoisotopic (exact) mass is 451 g/mol. The maximum Gasteiger partial charge on any atom is 0.243 e. The van der Waals surface area contributed by atoms with Gasteiger partial charge in [-0.15, -0.1) is 10.2 Å². The van der Waals surface area contributed by atoms with Crippen molar-refractivity contribution < 1.29 is 9.59 Å². The number of hydrogen-bond acceptors (Lipinski definition) is 5. The zero-order chi connectivity index (χ0) is 23.3. The standard InChI is InChI=1S/C24H29N5O2S/c1-16-11-17(2)23(18(3)12-16)25-21(30)14-28(5)22(31)15-32-24-27-26-19(4)29(24)13-20-9-7-6-8-10-20/h6-12H,13-15H2,1-5H3,(H,25,30). The van der Waals surface area contributed by atoms with Crippen LogP contribution in [0.1, 0.15) is 28.1 Å². The van der Waals surface area contributed by atoms with E-state index in [2.05, 4.69) is 15.5 Å². The van der Waals surface area contributed by atoms with Crippen LogP contribution in [0, 0.1) is 27.7 Å². The molecule has 3 aromatic rings. The summed E-state index contributed by atoms with van der Waals surface area (Å²) in [4.78, 5) is 26.6. The van der Waals surface area contributed by atoms with Crippen molar-refractivity contribution in [3.63, 3.8) is 0 Å². The van der Waals surface area contributed by atoms with Crippen LogP contribution in [-0.2, 0) is 16.1 Å². The third-order valence-corrected chi connectivity index (χ3v) is 6.11. The minimum absolute atomic E-state index is 0.0120. The minimum Gasteiger partial charge on any atom is -0.336 e. The molecule has 0 unspecified atom stereocenters. The van der Waals surface area contributed by atoms with Gasteiger partial charge in [0.25, 0.3) is 0 Å². The number of nitrogens with zero attached hydrogens (tertiary/aromatic N) is 4. The summed E-state index contributed by atoms with van der Waals surface area (Å²) < 4.78 is 1.99. The fraction of sp³-hybridized carbons (Fsp3) is 0.333. The Morgan fingerprint density at radius 3 is 2.34 bits per heavy atom. The van der Waals surface area contributed by atoms with Gasteiger partial charge < -0.3 is 14.8 Å². The molecule has 1 N–H and O–H groups in total. The Hall–Kier alpha value is -3.13. The number of hydrogen-bond donors (Lipinski definition) is 1. The van der Waals surface area contributed by atoms with Crippen LogP contribution in [0.25, 0.3) is 0 Å². The molecule has 0 bridgehead atoms. The molecule has 0 aliphatic carbocycles. The van der Waals surface area contributed by atoms with Gasteiger partial charge in [0.15, 0.2) is 5.16 Å². The van der Waals surface area contributed by atoms with E-state index in [4.69, 9.17) is 0 Å². The van der Waals surface area contributed by atoms with E-state index in [9.17, 15) is 9.59 Å². The zero-order valence-corrected chi connectivity index (χ0v) is 20.0. The molecule has 0 fully saturated rings. The molecule has 0 saturated heterocycles. The maximum absolute atomic E-state index is 12.6. The van der Waals surface area contributed by atoms with Gasteiger partial charge in [0.1, 0.15) is 5.82 Å². The fourth-order valence-corrected chi connectivity index (χ4v) is 4.44. The van der Waals surface area contributed by atoms with Crippen LogP contribution >= 0.6 is 11.8 Å². The second-order valence-corrected chi connectivity index (χ2v) is 8.90. The molecule has 0 spiro atoms. The summed E-state index contributed by atoms with van der Waals surface area (Å²) >= 11 is 1.33. The highest BCUT2D eigenvalue weighted by molar-refractivity contribution is 7.99. The molecule has 0 radical (unpaired) electrons. The first kappa shape index (κ1) is 23.5. The highest BCUT2D eigenvalue weighted by atomic mass is 32.2. The first-order chi connectivity index (χ1) is 15.2. The Kier molecular flexibility index (Phi) is 7.69. The summed E-state index contributed by atoms with van der Waals surface area (Å²) in [6, 6.07) is 14.1. The lowest BCUT2D eigenvalue weighted by molar-refractivity contribution is -0.131. The Balaban J connectivity index is 1.56. The zero-order valence-electron chi connectivity index (χ0n) is 19.2. The number of carbonyl (C=O) groups excluding carboxylic acids is 2. The lowest BCUT2D eigenvalue weighted by Gasteiger charge is -2.18. The van der Waals surface area contributed by atoms with Crippen molar-refractivity contribution in [2.75, 3.05) is 24.7 Å². The number of aryl methyl sites for hydroxylation is 4. The van der Waals surface area contributed by atoms with Gasteiger partial charge in [-0.1, -0.05) is 59.8 Å². The number of thioether (sulfide) groups is 1. The number of nitrogens with one attached hydrogen (secondary N) is 1. The molecular formula is C24H29N5O2S.